The summed E-state index contributed by atoms with van der Waals surface area (Å²) in [5.41, 5.74) is -0.104. The molecule has 0 saturated carbocycles. The van der Waals surface area contributed by atoms with Gasteiger partial charge in [-0.1, -0.05) is 18.7 Å². The maximum atomic E-state index is 10.7. The molecule has 0 fully saturated rings. The molecule has 0 radical (unpaired) electrons. The fourth-order valence-electron chi connectivity index (χ4n) is 1.07. The van der Waals surface area contributed by atoms with Crippen LogP contribution in [0.15, 0.2) is 23.4 Å². The molecule has 0 saturated heterocycles. The third kappa shape index (κ3) is 2.96. The number of nitrogens with zero attached hydrogens (tertiary/aromatic N) is 1. The molecule has 0 spiro atoms. The Morgan fingerprint density at radius 3 is 2.69 bits per heavy atom. The van der Waals surface area contributed by atoms with Gasteiger partial charge in [0.15, 0.2) is 0 Å². The molecule has 1 atom stereocenters. The number of carboxylic acids is 2. The van der Waals surface area contributed by atoms with Gasteiger partial charge in [-0.15, -0.1) is 0 Å². The zero-order valence-electron chi connectivity index (χ0n) is 8.50. The number of aromatic carboxylic acids is 1. The first-order valence-corrected chi connectivity index (χ1v) is 5.48. The van der Waals surface area contributed by atoms with Crippen molar-refractivity contribution in [3.63, 3.8) is 0 Å². The van der Waals surface area contributed by atoms with Crippen molar-refractivity contribution in [2.75, 3.05) is 0 Å². The number of hydrogen-bond acceptors (Lipinski definition) is 6. The minimum Gasteiger partial charge on any atom is -0.549 e. The predicted molar refractivity (Wildman–Crippen MR) is 53.5 cm³/mol. The quantitative estimate of drug-likeness (QED) is 0.616. The minimum atomic E-state index is -1.37. The second kappa shape index (κ2) is 5.50. The van der Waals surface area contributed by atoms with Gasteiger partial charge in [-0.25, -0.2) is 4.98 Å². The molecule has 5 nitrogen and oxygen atoms in total. The van der Waals surface area contributed by atoms with Crippen molar-refractivity contribution in [2.45, 2.75) is 23.6 Å². The molecule has 1 aromatic heterocycles. The molecule has 0 amide bonds. The van der Waals surface area contributed by atoms with Gasteiger partial charge < -0.3 is 19.8 Å². The van der Waals surface area contributed by atoms with E-state index >= 15 is 0 Å². The highest BCUT2D eigenvalue weighted by atomic mass is 32.2. The van der Waals surface area contributed by atoms with Gasteiger partial charge in [-0.05, 0) is 18.6 Å². The van der Waals surface area contributed by atoms with Crippen molar-refractivity contribution in [2.24, 2.45) is 0 Å². The Bertz CT molecular complexity index is 408. The van der Waals surface area contributed by atoms with Crippen molar-refractivity contribution < 1.29 is 19.8 Å². The summed E-state index contributed by atoms with van der Waals surface area (Å²) in [6.07, 6.45) is 1.73. The van der Waals surface area contributed by atoms with Crippen LogP contribution >= 0.6 is 11.8 Å². The van der Waals surface area contributed by atoms with E-state index in [1.807, 2.05) is 0 Å². The molecular formula is C10H9NO4S-2. The number of pyridine rings is 1. The molecular weight excluding hydrogens is 230 g/mol. The van der Waals surface area contributed by atoms with Crippen LogP contribution in [0.1, 0.15) is 23.7 Å². The number of carbonyl (C=O) groups excluding carboxylic acids is 2. The molecule has 0 bridgehead atoms. The Balaban J connectivity index is 2.95. The van der Waals surface area contributed by atoms with E-state index in [4.69, 9.17) is 0 Å². The van der Waals surface area contributed by atoms with Crippen molar-refractivity contribution >= 4 is 23.7 Å². The summed E-state index contributed by atoms with van der Waals surface area (Å²) in [5.74, 6) is -2.61. The van der Waals surface area contributed by atoms with Gasteiger partial charge in [-0.2, -0.15) is 0 Å². The maximum absolute atomic E-state index is 10.7. The van der Waals surface area contributed by atoms with Crippen molar-refractivity contribution in [1.29, 1.82) is 0 Å². The smallest absolute Gasteiger partial charge is 0.106 e. The second-order valence-electron chi connectivity index (χ2n) is 2.98. The number of carboxylic acid groups (broad SMARTS) is 2. The molecule has 0 N–H and O–H groups in total. The first-order chi connectivity index (χ1) is 7.56. The van der Waals surface area contributed by atoms with Gasteiger partial charge in [0.05, 0.1) is 17.2 Å². The van der Waals surface area contributed by atoms with E-state index in [2.05, 4.69) is 4.98 Å². The Kier molecular flexibility index (Phi) is 4.30. The van der Waals surface area contributed by atoms with E-state index in [9.17, 15) is 19.8 Å². The number of aliphatic carboxylic acids is 1. The summed E-state index contributed by atoms with van der Waals surface area (Å²) in [7, 11) is 0. The van der Waals surface area contributed by atoms with Crippen LogP contribution in [0.2, 0.25) is 0 Å². The molecule has 0 aromatic carbocycles. The van der Waals surface area contributed by atoms with E-state index in [1.165, 1.54) is 18.3 Å². The van der Waals surface area contributed by atoms with E-state index < -0.39 is 17.2 Å². The number of hydrogen-bond donors (Lipinski definition) is 0. The molecule has 0 aliphatic heterocycles. The van der Waals surface area contributed by atoms with Gasteiger partial charge >= 0.3 is 0 Å². The maximum Gasteiger partial charge on any atom is 0.106 e. The highest BCUT2D eigenvalue weighted by Crippen LogP contribution is 2.25. The molecule has 0 unspecified atom stereocenters. The van der Waals surface area contributed by atoms with Gasteiger partial charge in [0.2, 0.25) is 0 Å². The first kappa shape index (κ1) is 12.5. The largest absolute Gasteiger partial charge is 0.549 e. The number of rotatable bonds is 5. The molecule has 1 heterocycles. The van der Waals surface area contributed by atoms with E-state index in [0.717, 1.165) is 11.8 Å². The van der Waals surface area contributed by atoms with Crippen LogP contribution in [0.3, 0.4) is 0 Å². The highest BCUT2D eigenvalue weighted by molar-refractivity contribution is 8.00. The topological polar surface area (TPSA) is 93.2 Å². The molecule has 1 rings (SSSR count). The van der Waals surface area contributed by atoms with E-state index in [0.29, 0.717) is 6.42 Å². The molecule has 0 aliphatic rings. The number of carbonyl (C=O) groups is 2. The Hall–Kier alpha value is -1.56. The van der Waals surface area contributed by atoms with E-state index in [-0.39, 0.29) is 10.6 Å². The van der Waals surface area contributed by atoms with Crippen LogP contribution in [0, 0.1) is 0 Å². The standard InChI is InChI=1S/C10H11NO4S/c1-2-7(10(14)15)16-8-6(9(12)13)4-3-5-11-8/h3-5,7H,2H2,1H3,(H,12,13)(H,14,15)/p-2/t7-/m0/s1. The van der Waals surface area contributed by atoms with Crippen LogP contribution < -0.4 is 10.2 Å². The van der Waals surface area contributed by atoms with Gasteiger partial charge in [0.1, 0.15) is 5.03 Å². The van der Waals surface area contributed by atoms with Gasteiger partial charge in [0, 0.05) is 11.8 Å². The van der Waals surface area contributed by atoms with Crippen molar-refractivity contribution in [3.8, 4) is 0 Å². The van der Waals surface area contributed by atoms with Crippen molar-refractivity contribution in [1.82, 2.24) is 4.98 Å². The Morgan fingerprint density at radius 1 is 1.50 bits per heavy atom. The molecule has 6 heteroatoms. The zero-order chi connectivity index (χ0) is 12.1. The third-order valence-electron chi connectivity index (χ3n) is 1.88. The van der Waals surface area contributed by atoms with Crippen LogP contribution in [-0.4, -0.2) is 22.2 Å². The lowest BCUT2D eigenvalue weighted by Gasteiger charge is -2.16. The fraction of sp³-hybridized carbons (Fsp3) is 0.300. The number of thioether (sulfide) groups is 1. The summed E-state index contributed by atoms with van der Waals surface area (Å²) >= 11 is 0.858. The van der Waals surface area contributed by atoms with Crippen LogP contribution in [0.5, 0.6) is 0 Å². The predicted octanol–water partition coefficient (Wildman–Crippen LogP) is -0.934. The molecule has 1 aromatic rings. The lowest BCUT2D eigenvalue weighted by atomic mass is 10.3. The monoisotopic (exact) mass is 239 g/mol. The fourth-order valence-corrected chi connectivity index (χ4v) is 2.01. The van der Waals surface area contributed by atoms with Crippen LogP contribution in [0.25, 0.3) is 0 Å². The Morgan fingerprint density at radius 2 is 2.19 bits per heavy atom. The summed E-state index contributed by atoms with van der Waals surface area (Å²) in [6, 6.07) is 2.78. The first-order valence-electron chi connectivity index (χ1n) is 4.60. The van der Waals surface area contributed by atoms with Crippen molar-refractivity contribution in [3.05, 3.63) is 23.9 Å². The summed E-state index contributed by atoms with van der Waals surface area (Å²) < 4.78 is 0. The van der Waals surface area contributed by atoms with Gasteiger partial charge in [-0.3, -0.25) is 0 Å². The lowest BCUT2D eigenvalue weighted by molar-refractivity contribution is -0.304. The Labute approximate surface area is 96.5 Å². The normalized spacial score (nSPS) is 12.1. The van der Waals surface area contributed by atoms with Crippen LogP contribution in [0.4, 0.5) is 0 Å². The average Bonchev–Trinajstić information content (AvgIpc) is 2.25. The SMILES string of the molecule is CC[C@H](Sc1ncccc1C(=O)[O-])C(=O)[O-]. The summed E-state index contributed by atoms with van der Waals surface area (Å²) in [5, 5.41) is 20.8. The second-order valence-corrected chi connectivity index (χ2v) is 4.17. The number of aromatic nitrogens is 1. The highest BCUT2D eigenvalue weighted by Gasteiger charge is 2.13. The third-order valence-corrected chi connectivity index (χ3v) is 3.24. The molecule has 0 aliphatic carbocycles. The van der Waals surface area contributed by atoms with Crippen LogP contribution in [-0.2, 0) is 4.79 Å². The van der Waals surface area contributed by atoms with Gasteiger partial charge in [0.25, 0.3) is 0 Å². The van der Waals surface area contributed by atoms with E-state index in [1.54, 1.807) is 6.92 Å². The summed E-state index contributed by atoms with van der Waals surface area (Å²) in [6.45, 7) is 1.68. The molecule has 86 valence electrons. The zero-order valence-corrected chi connectivity index (χ0v) is 9.32. The molecule has 16 heavy (non-hydrogen) atoms. The average molecular weight is 239 g/mol. The lowest BCUT2D eigenvalue weighted by Crippen LogP contribution is -2.33. The summed E-state index contributed by atoms with van der Waals surface area (Å²) in [4.78, 5) is 25.2. The minimum absolute atomic E-state index is 0.104.